The van der Waals surface area contributed by atoms with Gasteiger partial charge in [0, 0.05) is 0 Å². The van der Waals surface area contributed by atoms with Gasteiger partial charge in [0.05, 0.1) is 62.6 Å². The SMILES string of the molecule is CCC(C)(C)CC(=O)OCC(COCC(COC(=O)CC(C)(C)CC)(COC(=O)CC(C)(C)CC)COC(=O)CC(C)(C)CC)(COC(=O)CC(C)(C)CC)COC(=O)CC(C)(C)CC. The lowest BCUT2D eigenvalue weighted by Crippen LogP contribution is -2.47. The van der Waals surface area contributed by atoms with Crippen molar-refractivity contribution in [1.29, 1.82) is 0 Å². The van der Waals surface area contributed by atoms with E-state index in [0.29, 0.717) is 0 Å². The predicted molar refractivity (Wildman–Crippen MR) is 254 cm³/mol. The highest BCUT2D eigenvalue weighted by molar-refractivity contribution is 5.72. The van der Waals surface area contributed by atoms with Gasteiger partial charge in [0.2, 0.25) is 0 Å². The van der Waals surface area contributed by atoms with Crippen molar-refractivity contribution in [3.8, 4) is 0 Å². The molecular formula is C52H94O13. The van der Waals surface area contributed by atoms with Crippen LogP contribution in [0.4, 0.5) is 0 Å². The lowest BCUT2D eigenvalue weighted by atomic mass is 9.86. The van der Waals surface area contributed by atoms with E-state index < -0.39 is 46.6 Å². The molecule has 0 aromatic heterocycles. The van der Waals surface area contributed by atoms with Crippen molar-refractivity contribution in [3.05, 3.63) is 0 Å². The smallest absolute Gasteiger partial charge is 0.306 e. The fourth-order valence-corrected chi connectivity index (χ4v) is 5.79. The summed E-state index contributed by atoms with van der Waals surface area (Å²) in [5.41, 5.74) is -4.98. The van der Waals surface area contributed by atoms with E-state index in [1.54, 1.807) is 0 Å². The molecule has 0 heterocycles. The summed E-state index contributed by atoms with van der Waals surface area (Å²) in [5, 5.41) is 0. The molecule has 0 saturated heterocycles. The molecule has 0 fully saturated rings. The third kappa shape index (κ3) is 26.6. The van der Waals surface area contributed by atoms with E-state index in [1.807, 2.05) is 125 Å². The minimum absolute atomic E-state index is 0.110. The van der Waals surface area contributed by atoms with E-state index in [4.69, 9.17) is 33.2 Å². The third-order valence-corrected chi connectivity index (χ3v) is 13.5. The highest BCUT2D eigenvalue weighted by Gasteiger charge is 2.42. The second-order valence-electron chi connectivity index (χ2n) is 23.6. The number of carbonyl (C=O) groups is 6. The molecule has 0 aromatic carbocycles. The van der Waals surface area contributed by atoms with E-state index in [1.165, 1.54) is 0 Å². The summed E-state index contributed by atoms with van der Waals surface area (Å²) in [6.45, 7) is 32.8. The lowest BCUT2D eigenvalue weighted by Gasteiger charge is -2.36. The molecule has 0 aliphatic rings. The topological polar surface area (TPSA) is 167 Å². The second-order valence-corrected chi connectivity index (χ2v) is 23.6. The molecule has 0 aliphatic heterocycles. The fraction of sp³-hybridized carbons (Fsp3) is 0.885. The predicted octanol–water partition coefficient (Wildman–Crippen LogP) is 11.2. The average molecular weight is 927 g/mol. The molecule has 0 rings (SSSR count). The molecule has 0 radical (unpaired) electrons. The standard InChI is InChI=1S/C52H94O13/c1-19-45(7,8)25-39(53)60-33-51(34-61-40(54)26-46(9,10)20-2,35-62-41(55)27-47(11,12)21-3)31-59-32-52(36-63-42(56)28-48(13,14)22-4,37-64-43(57)29-49(15,16)23-5)38-65-44(58)30-50(17,18)24-6/h19-38H2,1-18H3. The summed E-state index contributed by atoms with van der Waals surface area (Å²) in [4.78, 5) is 80.5. The Hall–Kier alpha value is -3.22. The van der Waals surface area contributed by atoms with Gasteiger partial charge in [-0.2, -0.15) is 0 Å². The zero-order chi connectivity index (χ0) is 50.6. The van der Waals surface area contributed by atoms with E-state index in [-0.39, 0.29) is 124 Å². The zero-order valence-corrected chi connectivity index (χ0v) is 44.4. The Morgan fingerprint density at radius 3 is 0.523 bits per heavy atom. The van der Waals surface area contributed by atoms with E-state index >= 15 is 0 Å². The van der Waals surface area contributed by atoms with Crippen LogP contribution in [0.25, 0.3) is 0 Å². The second kappa shape index (κ2) is 26.9. The van der Waals surface area contributed by atoms with Gasteiger partial charge in [-0.15, -0.1) is 0 Å². The van der Waals surface area contributed by atoms with Crippen LogP contribution in [0, 0.1) is 43.3 Å². The minimum atomic E-state index is -1.42. The Balaban J connectivity index is 7.44. The van der Waals surface area contributed by atoms with Gasteiger partial charge in [0.25, 0.3) is 0 Å². The normalized spacial score (nSPS) is 13.2. The van der Waals surface area contributed by atoms with Gasteiger partial charge in [0.15, 0.2) is 0 Å². The van der Waals surface area contributed by atoms with Gasteiger partial charge in [0.1, 0.15) is 39.6 Å². The molecule has 380 valence electrons. The molecule has 0 atom stereocenters. The first-order chi connectivity index (χ1) is 29.7. The number of rotatable bonds is 34. The molecule has 0 aliphatic carbocycles. The Labute approximate surface area is 394 Å². The van der Waals surface area contributed by atoms with E-state index in [9.17, 15) is 28.8 Å². The molecule has 0 saturated carbocycles. The van der Waals surface area contributed by atoms with Crippen LogP contribution in [-0.2, 0) is 61.9 Å². The average Bonchev–Trinajstić information content (AvgIpc) is 3.20. The molecule has 0 unspecified atom stereocenters. The van der Waals surface area contributed by atoms with Crippen LogP contribution in [-0.4, -0.2) is 88.7 Å². The number of esters is 6. The third-order valence-electron chi connectivity index (χ3n) is 13.5. The Morgan fingerprint density at radius 1 is 0.262 bits per heavy atom. The van der Waals surface area contributed by atoms with Crippen LogP contribution in [0.15, 0.2) is 0 Å². The van der Waals surface area contributed by atoms with Crippen molar-refractivity contribution in [2.24, 2.45) is 43.3 Å². The molecule has 0 aromatic rings. The number of carbonyl (C=O) groups excluding carboxylic acids is 6. The Morgan fingerprint density at radius 2 is 0.400 bits per heavy atom. The minimum Gasteiger partial charge on any atom is -0.465 e. The van der Waals surface area contributed by atoms with Crippen molar-refractivity contribution < 1.29 is 61.9 Å². The maximum atomic E-state index is 13.4. The van der Waals surface area contributed by atoms with Crippen LogP contribution in [0.1, 0.15) is 202 Å². The summed E-state index contributed by atoms with van der Waals surface area (Å²) < 4.78 is 42.2. The van der Waals surface area contributed by atoms with Gasteiger partial charge in [-0.25, -0.2) is 0 Å². The largest absolute Gasteiger partial charge is 0.465 e. The lowest BCUT2D eigenvalue weighted by molar-refractivity contribution is -0.177. The number of hydrogen-bond donors (Lipinski definition) is 0. The van der Waals surface area contributed by atoms with Crippen molar-refractivity contribution >= 4 is 35.8 Å². The van der Waals surface area contributed by atoms with Gasteiger partial charge in [-0.3, -0.25) is 28.8 Å². The Bertz CT molecular complexity index is 1230. The van der Waals surface area contributed by atoms with Crippen LogP contribution in [0.3, 0.4) is 0 Å². The summed E-state index contributed by atoms with van der Waals surface area (Å²) in [5.74, 6) is -2.93. The van der Waals surface area contributed by atoms with Gasteiger partial charge < -0.3 is 33.2 Å². The van der Waals surface area contributed by atoms with Crippen LogP contribution >= 0.6 is 0 Å². The number of hydrogen-bond acceptors (Lipinski definition) is 13. The fourth-order valence-electron chi connectivity index (χ4n) is 5.79. The summed E-state index contributed by atoms with van der Waals surface area (Å²) in [6.07, 6.45) is 4.97. The number of ether oxygens (including phenoxy) is 7. The Kier molecular flexibility index (Phi) is 25.6. The first kappa shape index (κ1) is 61.8. The molecule has 0 spiro atoms. The maximum absolute atomic E-state index is 13.4. The zero-order valence-electron chi connectivity index (χ0n) is 44.4. The molecular weight excluding hydrogens is 833 g/mol. The maximum Gasteiger partial charge on any atom is 0.306 e. The highest BCUT2D eigenvalue weighted by atomic mass is 16.6. The molecule has 0 N–H and O–H groups in total. The molecule has 0 amide bonds. The van der Waals surface area contributed by atoms with Crippen molar-refractivity contribution in [2.75, 3.05) is 52.9 Å². The first-order valence-electron chi connectivity index (χ1n) is 24.2. The van der Waals surface area contributed by atoms with Gasteiger partial charge in [-0.1, -0.05) is 163 Å². The summed E-state index contributed by atoms with van der Waals surface area (Å²) >= 11 is 0. The van der Waals surface area contributed by atoms with Crippen molar-refractivity contribution in [3.63, 3.8) is 0 Å². The van der Waals surface area contributed by atoms with Crippen molar-refractivity contribution in [2.45, 2.75) is 202 Å². The first-order valence-corrected chi connectivity index (χ1v) is 24.2. The van der Waals surface area contributed by atoms with Crippen LogP contribution in [0.2, 0.25) is 0 Å². The molecule has 0 bridgehead atoms. The van der Waals surface area contributed by atoms with E-state index in [0.717, 1.165) is 38.5 Å². The van der Waals surface area contributed by atoms with Gasteiger partial charge >= 0.3 is 35.8 Å². The highest BCUT2D eigenvalue weighted by Crippen LogP contribution is 2.33. The summed E-state index contributed by atoms with van der Waals surface area (Å²) in [6, 6.07) is 0. The molecule has 13 nitrogen and oxygen atoms in total. The summed E-state index contributed by atoms with van der Waals surface area (Å²) in [7, 11) is 0. The molecule has 65 heavy (non-hydrogen) atoms. The molecule has 13 heteroatoms. The quantitative estimate of drug-likeness (QED) is 0.0442. The van der Waals surface area contributed by atoms with Crippen LogP contribution < -0.4 is 0 Å². The van der Waals surface area contributed by atoms with Crippen LogP contribution in [0.5, 0.6) is 0 Å². The van der Waals surface area contributed by atoms with Crippen molar-refractivity contribution in [1.82, 2.24) is 0 Å². The van der Waals surface area contributed by atoms with Gasteiger partial charge in [-0.05, 0) is 32.5 Å². The van der Waals surface area contributed by atoms with E-state index in [2.05, 4.69) is 0 Å². The monoisotopic (exact) mass is 927 g/mol.